The van der Waals surface area contributed by atoms with Crippen molar-refractivity contribution in [2.75, 3.05) is 12.1 Å². The second-order valence-electron chi connectivity index (χ2n) is 7.96. The minimum Gasteiger partial charge on any atom is -0.497 e. The predicted molar refractivity (Wildman–Crippen MR) is 143 cm³/mol. The van der Waals surface area contributed by atoms with Crippen molar-refractivity contribution < 1.29 is 9.53 Å². The molecular weight excluding hydrogens is 454 g/mol. The van der Waals surface area contributed by atoms with E-state index in [4.69, 9.17) is 4.74 Å². The van der Waals surface area contributed by atoms with Gasteiger partial charge in [0.2, 0.25) is 5.13 Å². The first-order chi connectivity index (χ1) is 17.2. The Morgan fingerprint density at radius 1 is 0.914 bits per heavy atom. The fourth-order valence-corrected chi connectivity index (χ4v) is 4.63. The molecular formula is C29H23N3O2S. The van der Waals surface area contributed by atoms with Crippen molar-refractivity contribution in [3.05, 3.63) is 125 Å². The van der Waals surface area contributed by atoms with Crippen LogP contribution in [-0.4, -0.2) is 24.2 Å². The van der Waals surface area contributed by atoms with Gasteiger partial charge in [0.25, 0.3) is 5.91 Å². The number of nitrogens with zero attached hydrogens (tertiary/aromatic N) is 3. The monoisotopic (exact) mass is 477 g/mol. The van der Waals surface area contributed by atoms with Gasteiger partial charge in [-0.1, -0.05) is 84.1 Å². The standard InChI is InChI=1S/C29H23N3O2S/c1-34-25-16-17-26-27(19-25)35-29(31-26)32(30-20-23-10-6-3-7-11-23)28(33)24-14-12-22(13-15-24)18-21-8-4-2-5-9-21/h2-17,19-20H,18H2,1H3/b30-20+. The lowest BCUT2D eigenvalue weighted by molar-refractivity contribution is 0.0988. The van der Waals surface area contributed by atoms with Gasteiger partial charge in [-0.25, -0.2) is 4.98 Å². The highest BCUT2D eigenvalue weighted by molar-refractivity contribution is 7.22. The second-order valence-corrected chi connectivity index (χ2v) is 8.97. The lowest BCUT2D eigenvalue weighted by Gasteiger charge is -2.14. The third kappa shape index (κ3) is 5.28. The Morgan fingerprint density at radius 2 is 1.60 bits per heavy atom. The smallest absolute Gasteiger partial charge is 0.280 e. The summed E-state index contributed by atoms with van der Waals surface area (Å²) < 4.78 is 6.26. The van der Waals surface area contributed by atoms with Crippen molar-refractivity contribution in [2.45, 2.75) is 6.42 Å². The van der Waals surface area contributed by atoms with Crippen LogP contribution in [0.4, 0.5) is 5.13 Å². The zero-order valence-electron chi connectivity index (χ0n) is 19.2. The van der Waals surface area contributed by atoms with Gasteiger partial charge in [-0.15, -0.1) is 0 Å². The SMILES string of the molecule is COc1ccc2nc(N(/N=C/c3ccccc3)C(=O)c3ccc(Cc4ccccc4)cc3)sc2c1. The highest BCUT2D eigenvalue weighted by Crippen LogP contribution is 2.32. The summed E-state index contributed by atoms with van der Waals surface area (Å²) in [7, 11) is 1.63. The maximum absolute atomic E-state index is 13.6. The van der Waals surface area contributed by atoms with E-state index >= 15 is 0 Å². The lowest BCUT2D eigenvalue weighted by Crippen LogP contribution is -2.25. The molecule has 1 amide bonds. The zero-order valence-corrected chi connectivity index (χ0v) is 20.0. The third-order valence-corrected chi connectivity index (χ3v) is 6.53. The second kappa shape index (κ2) is 10.3. The van der Waals surface area contributed by atoms with Gasteiger partial charge in [-0.05, 0) is 53.4 Å². The lowest BCUT2D eigenvalue weighted by atomic mass is 10.0. The molecule has 0 saturated heterocycles. The van der Waals surface area contributed by atoms with E-state index in [1.54, 1.807) is 13.3 Å². The van der Waals surface area contributed by atoms with Crippen LogP contribution in [0.25, 0.3) is 10.2 Å². The summed E-state index contributed by atoms with van der Waals surface area (Å²) in [5.74, 6) is 0.502. The molecule has 1 heterocycles. The summed E-state index contributed by atoms with van der Waals surface area (Å²) in [5, 5.41) is 6.41. The summed E-state index contributed by atoms with van der Waals surface area (Å²) in [4.78, 5) is 18.3. The summed E-state index contributed by atoms with van der Waals surface area (Å²) in [6.07, 6.45) is 2.49. The molecule has 172 valence electrons. The Balaban J connectivity index is 1.46. The topological polar surface area (TPSA) is 54.8 Å². The van der Waals surface area contributed by atoms with Crippen LogP contribution in [0.3, 0.4) is 0 Å². The van der Waals surface area contributed by atoms with E-state index in [9.17, 15) is 4.79 Å². The molecule has 0 saturated carbocycles. The Bertz CT molecular complexity index is 1460. The molecule has 0 unspecified atom stereocenters. The van der Waals surface area contributed by atoms with E-state index < -0.39 is 0 Å². The zero-order chi connectivity index (χ0) is 24.0. The number of fused-ring (bicyclic) bond motifs is 1. The number of benzene rings is 4. The number of methoxy groups -OCH3 is 1. The van der Waals surface area contributed by atoms with Crippen molar-refractivity contribution in [3.8, 4) is 5.75 Å². The van der Waals surface area contributed by atoms with Crippen LogP contribution in [-0.2, 0) is 6.42 Å². The van der Waals surface area contributed by atoms with E-state index in [-0.39, 0.29) is 5.91 Å². The fourth-order valence-electron chi connectivity index (χ4n) is 3.68. The molecule has 5 nitrogen and oxygen atoms in total. The molecule has 0 aliphatic heterocycles. The molecule has 0 aliphatic carbocycles. The number of hydrogen-bond donors (Lipinski definition) is 0. The van der Waals surface area contributed by atoms with Crippen LogP contribution in [0.1, 0.15) is 27.0 Å². The number of carbonyl (C=O) groups excluding carboxylic acids is 1. The molecule has 0 N–H and O–H groups in total. The van der Waals surface area contributed by atoms with E-state index in [0.717, 1.165) is 33.5 Å². The van der Waals surface area contributed by atoms with Crippen molar-refractivity contribution in [1.82, 2.24) is 4.98 Å². The van der Waals surface area contributed by atoms with E-state index in [1.807, 2.05) is 91.0 Å². The molecule has 0 bridgehead atoms. The first kappa shape index (κ1) is 22.5. The van der Waals surface area contributed by atoms with E-state index in [0.29, 0.717) is 10.7 Å². The summed E-state index contributed by atoms with van der Waals surface area (Å²) in [5.41, 5.74) is 4.59. The summed E-state index contributed by atoms with van der Waals surface area (Å²) in [6, 6.07) is 33.3. The normalized spacial score (nSPS) is 11.1. The van der Waals surface area contributed by atoms with E-state index in [1.165, 1.54) is 21.9 Å². The minimum atomic E-state index is -0.241. The summed E-state index contributed by atoms with van der Waals surface area (Å²) >= 11 is 1.40. The van der Waals surface area contributed by atoms with Gasteiger partial charge in [0.15, 0.2) is 0 Å². The van der Waals surface area contributed by atoms with Crippen molar-refractivity contribution >= 4 is 38.8 Å². The van der Waals surface area contributed by atoms with E-state index in [2.05, 4.69) is 22.2 Å². The molecule has 0 spiro atoms. The van der Waals surface area contributed by atoms with Crippen LogP contribution in [0, 0.1) is 0 Å². The predicted octanol–water partition coefficient (Wildman–Crippen LogP) is 6.58. The molecule has 5 aromatic rings. The number of aromatic nitrogens is 1. The number of amides is 1. The maximum Gasteiger partial charge on any atom is 0.280 e. The molecule has 0 aliphatic rings. The molecule has 0 fully saturated rings. The fraction of sp³-hybridized carbons (Fsp3) is 0.0690. The van der Waals surface area contributed by atoms with Crippen LogP contribution in [0.5, 0.6) is 5.75 Å². The molecule has 4 aromatic carbocycles. The summed E-state index contributed by atoms with van der Waals surface area (Å²) in [6.45, 7) is 0. The van der Waals surface area contributed by atoms with Gasteiger partial charge in [0.05, 0.1) is 23.5 Å². The number of ether oxygens (including phenoxy) is 1. The van der Waals surface area contributed by atoms with Gasteiger partial charge < -0.3 is 4.74 Å². The van der Waals surface area contributed by atoms with Crippen LogP contribution < -0.4 is 9.75 Å². The Hall–Kier alpha value is -4.29. The van der Waals surface area contributed by atoms with Gasteiger partial charge in [0, 0.05) is 5.56 Å². The van der Waals surface area contributed by atoms with Crippen LogP contribution in [0.2, 0.25) is 0 Å². The molecule has 35 heavy (non-hydrogen) atoms. The highest BCUT2D eigenvalue weighted by Gasteiger charge is 2.21. The highest BCUT2D eigenvalue weighted by atomic mass is 32.1. The quantitative estimate of drug-likeness (QED) is 0.197. The average molecular weight is 478 g/mol. The van der Waals surface area contributed by atoms with Gasteiger partial charge in [0.1, 0.15) is 5.75 Å². The molecule has 5 rings (SSSR count). The molecule has 0 atom stereocenters. The van der Waals surface area contributed by atoms with Gasteiger partial charge >= 0.3 is 0 Å². The number of rotatable bonds is 7. The number of hydrazone groups is 1. The number of hydrogen-bond acceptors (Lipinski definition) is 5. The van der Waals surface area contributed by atoms with Gasteiger partial charge in [-0.2, -0.15) is 10.1 Å². The first-order valence-corrected chi connectivity index (χ1v) is 12.0. The molecule has 1 aromatic heterocycles. The number of anilines is 1. The number of carbonyl (C=O) groups is 1. The average Bonchev–Trinajstić information content (AvgIpc) is 3.33. The largest absolute Gasteiger partial charge is 0.497 e. The third-order valence-electron chi connectivity index (χ3n) is 5.53. The first-order valence-electron chi connectivity index (χ1n) is 11.2. The molecule has 6 heteroatoms. The Labute approximate surface area is 208 Å². The molecule has 0 radical (unpaired) electrons. The van der Waals surface area contributed by atoms with Crippen LogP contribution in [0.15, 0.2) is 108 Å². The van der Waals surface area contributed by atoms with Crippen molar-refractivity contribution in [2.24, 2.45) is 5.10 Å². The Morgan fingerprint density at radius 3 is 2.31 bits per heavy atom. The van der Waals surface area contributed by atoms with Crippen molar-refractivity contribution in [1.29, 1.82) is 0 Å². The Kier molecular flexibility index (Phi) is 6.63. The minimum absolute atomic E-state index is 0.241. The maximum atomic E-state index is 13.6. The van der Waals surface area contributed by atoms with Gasteiger partial charge in [-0.3, -0.25) is 4.79 Å². The number of thiazole rings is 1. The van der Waals surface area contributed by atoms with Crippen molar-refractivity contribution in [3.63, 3.8) is 0 Å². The van der Waals surface area contributed by atoms with Crippen LogP contribution >= 0.6 is 11.3 Å².